The zero-order valence-electron chi connectivity index (χ0n) is 39.7. The van der Waals surface area contributed by atoms with Crippen molar-refractivity contribution in [1.29, 1.82) is 0 Å². The lowest BCUT2D eigenvalue weighted by molar-refractivity contribution is -0.159. The average Bonchev–Trinajstić information content (AvgIpc) is 4.02. The van der Waals surface area contributed by atoms with Crippen LogP contribution in [0.5, 0.6) is 0 Å². The Bertz CT molecular complexity index is 2820. The number of aliphatic hydroxyl groups is 1. The van der Waals surface area contributed by atoms with Crippen molar-refractivity contribution in [2.45, 2.75) is 107 Å². The van der Waals surface area contributed by atoms with E-state index in [1.165, 1.54) is 44.7 Å². The summed E-state index contributed by atoms with van der Waals surface area (Å²) in [6.07, 6.45) is -7.73. The second kappa shape index (κ2) is 25.3. The molecule has 5 unspecified atom stereocenters. The number of nitrogens with two attached hydrogens (primary N) is 2. The van der Waals surface area contributed by atoms with E-state index in [4.69, 9.17) is 49.7 Å². The van der Waals surface area contributed by atoms with Crippen LogP contribution in [0.1, 0.15) is 58.1 Å². The number of imidazole rings is 1. The molecule has 0 radical (unpaired) electrons. The van der Waals surface area contributed by atoms with Gasteiger partial charge in [-0.15, -0.1) is 0 Å². The number of amides is 2. The average molecular weight is 1120 g/mol. The quantitative estimate of drug-likeness (QED) is 0.0100. The zero-order chi connectivity index (χ0) is 54.0. The summed E-state index contributed by atoms with van der Waals surface area (Å²) in [6.45, 7) is 2.90. The standard InChI is InChI=1S/C39H53N13O18P2S2/c1-39(2,3)69-38(57)47-23(10-9-22(74-73-4)14-43-37(56)63-15-20-5-7-21(8-6-20)49-50-42)35(54)68-31-26(67-34(30(31)53)52-19-46-29-32(41)44-18-45-33(29)52)17-65-72(61,62)70-24-13-28(51-12-11-27(40)48-36(51)55)66-25(24)16-64-71(58,59)60/h5-8,11-12,18-19,22-26,28,30-31,34,53H,9-10,13-17H2,1-4H3,(H,43,56)(H,47,57)(H,61,62)(H2,40,48,55)(H2,41,44,45)(H2,58,59,60)/t22-,23-,24+,25-,26?,28-,30?,31?,34?/m1/s1. The number of phosphoric ester groups is 2. The van der Waals surface area contributed by atoms with E-state index in [2.05, 4.69) is 45.1 Å². The summed E-state index contributed by atoms with van der Waals surface area (Å²) in [4.78, 5) is 101. The van der Waals surface area contributed by atoms with Gasteiger partial charge >= 0.3 is 39.5 Å². The summed E-state index contributed by atoms with van der Waals surface area (Å²) in [6, 6.07) is 6.15. The van der Waals surface area contributed by atoms with Gasteiger partial charge in [-0.2, -0.15) is 4.98 Å². The van der Waals surface area contributed by atoms with Crippen LogP contribution in [0.25, 0.3) is 21.6 Å². The number of aliphatic hydroxyl groups excluding tert-OH is 1. The summed E-state index contributed by atoms with van der Waals surface area (Å²) < 4.78 is 71.4. The number of azide groups is 1. The van der Waals surface area contributed by atoms with Gasteiger partial charge in [0.1, 0.15) is 66.6 Å². The van der Waals surface area contributed by atoms with Gasteiger partial charge in [-0.1, -0.05) is 51.0 Å². The van der Waals surface area contributed by atoms with Crippen LogP contribution in [-0.2, 0) is 57.8 Å². The van der Waals surface area contributed by atoms with Gasteiger partial charge in [0.2, 0.25) is 0 Å². The number of phosphoric acid groups is 2. The first-order chi connectivity index (χ1) is 34.9. The number of rotatable bonds is 23. The van der Waals surface area contributed by atoms with Crippen LogP contribution in [0, 0.1) is 0 Å². The molecule has 6 rings (SSSR count). The van der Waals surface area contributed by atoms with Crippen molar-refractivity contribution in [3.63, 3.8) is 0 Å². The lowest BCUT2D eigenvalue weighted by Gasteiger charge is -2.27. The molecule has 3 aromatic heterocycles. The Morgan fingerprint density at radius 1 is 1.01 bits per heavy atom. The van der Waals surface area contributed by atoms with Crippen molar-refractivity contribution in [1.82, 2.24) is 39.7 Å². The largest absolute Gasteiger partial charge is 0.472 e. The second-order valence-electron chi connectivity index (χ2n) is 17.1. The molecule has 2 saturated heterocycles. The molecule has 0 aliphatic carbocycles. The number of aromatic nitrogens is 6. The maximum atomic E-state index is 14.3. The number of esters is 1. The minimum Gasteiger partial charge on any atom is -0.455 e. The monoisotopic (exact) mass is 1120 g/mol. The number of nitrogens with zero attached hydrogens (tertiary/aromatic N) is 9. The number of carbonyl (C=O) groups excluding carboxylic acids is 3. The lowest BCUT2D eigenvalue weighted by atomic mass is 10.1. The number of alkyl carbamates (subject to hydrolysis) is 2. The fraction of sp³-hybridized carbons (Fsp3) is 0.538. The summed E-state index contributed by atoms with van der Waals surface area (Å²) in [5.41, 5.74) is 19.5. The Balaban J connectivity index is 1.19. The third-order valence-corrected chi connectivity index (χ3v) is 14.3. The van der Waals surface area contributed by atoms with Gasteiger partial charge in [-0.3, -0.25) is 22.7 Å². The molecule has 2 aliphatic heterocycles. The molecule has 2 amide bonds. The molecule has 2 fully saturated rings. The highest BCUT2D eigenvalue weighted by atomic mass is 33.1. The van der Waals surface area contributed by atoms with Gasteiger partial charge in [-0.05, 0) is 57.0 Å². The molecule has 35 heteroatoms. The molecule has 404 valence electrons. The number of fused-ring (bicyclic) bond motifs is 1. The molecule has 0 bridgehead atoms. The van der Waals surface area contributed by atoms with Gasteiger partial charge < -0.3 is 65.6 Å². The third-order valence-electron chi connectivity index (χ3n) is 10.6. The van der Waals surface area contributed by atoms with E-state index in [-0.39, 0.29) is 55.2 Å². The van der Waals surface area contributed by atoms with Gasteiger partial charge in [-0.25, -0.2) is 43.3 Å². The van der Waals surface area contributed by atoms with Crippen LogP contribution in [0.2, 0.25) is 0 Å². The predicted molar refractivity (Wildman–Crippen MR) is 260 cm³/mol. The smallest absolute Gasteiger partial charge is 0.455 e. The minimum atomic E-state index is -5.31. The van der Waals surface area contributed by atoms with E-state index in [0.29, 0.717) is 11.3 Å². The highest BCUT2D eigenvalue weighted by Crippen LogP contribution is 2.50. The van der Waals surface area contributed by atoms with Gasteiger partial charge in [0.15, 0.2) is 23.8 Å². The van der Waals surface area contributed by atoms with Crippen LogP contribution in [-0.4, -0.2) is 140 Å². The first-order valence-corrected chi connectivity index (χ1v) is 27.6. The Labute approximate surface area is 427 Å². The Morgan fingerprint density at radius 3 is 2.42 bits per heavy atom. The normalized spacial score (nSPS) is 22.5. The van der Waals surface area contributed by atoms with Crippen molar-refractivity contribution in [2.24, 2.45) is 5.11 Å². The molecule has 4 aromatic rings. The van der Waals surface area contributed by atoms with E-state index in [0.717, 1.165) is 10.9 Å². The van der Waals surface area contributed by atoms with Crippen molar-refractivity contribution >= 4 is 83.9 Å². The number of nitrogens with one attached hydrogen (secondary N) is 2. The minimum absolute atomic E-state index is 0.0288. The number of nitrogen functional groups attached to an aromatic ring is 2. The van der Waals surface area contributed by atoms with E-state index >= 15 is 0 Å². The highest BCUT2D eigenvalue weighted by molar-refractivity contribution is 8.76. The first-order valence-electron chi connectivity index (χ1n) is 22.0. The number of hydrogen-bond acceptors (Lipinski definition) is 24. The van der Waals surface area contributed by atoms with Gasteiger partial charge in [0, 0.05) is 35.0 Å². The van der Waals surface area contributed by atoms with Crippen LogP contribution < -0.4 is 27.8 Å². The topological polar surface area (TPSA) is 443 Å². The maximum absolute atomic E-state index is 14.3. The van der Waals surface area contributed by atoms with Gasteiger partial charge in [0.05, 0.1) is 19.5 Å². The van der Waals surface area contributed by atoms with Crippen LogP contribution in [0.3, 0.4) is 0 Å². The molecular formula is C39H53N13O18P2S2. The molecule has 0 spiro atoms. The highest BCUT2D eigenvalue weighted by Gasteiger charge is 2.50. The molecule has 31 nitrogen and oxygen atoms in total. The van der Waals surface area contributed by atoms with Crippen LogP contribution in [0.4, 0.5) is 26.9 Å². The number of ether oxygens (including phenoxy) is 5. The summed E-state index contributed by atoms with van der Waals surface area (Å²) in [7, 11) is -7.71. The molecule has 1 aromatic carbocycles. The number of hydrogen-bond donors (Lipinski definition) is 8. The Hall–Kier alpha value is -5.63. The van der Waals surface area contributed by atoms with E-state index < -0.39 is 113 Å². The summed E-state index contributed by atoms with van der Waals surface area (Å²) >= 11 is 0. The number of benzene rings is 1. The van der Waals surface area contributed by atoms with Crippen LogP contribution in [0.15, 0.2) is 59.1 Å². The molecule has 5 heterocycles. The van der Waals surface area contributed by atoms with Crippen molar-refractivity contribution in [2.75, 3.05) is 37.5 Å². The molecule has 2 aliphatic rings. The third kappa shape index (κ3) is 16.4. The summed E-state index contributed by atoms with van der Waals surface area (Å²) in [5.74, 6) is -1.28. The molecule has 10 N–H and O–H groups in total. The zero-order valence-corrected chi connectivity index (χ0v) is 43.1. The van der Waals surface area contributed by atoms with Crippen molar-refractivity contribution in [3.8, 4) is 0 Å². The van der Waals surface area contributed by atoms with Crippen molar-refractivity contribution in [3.05, 3.63) is 75.7 Å². The maximum Gasteiger partial charge on any atom is 0.472 e. The molecule has 10 atom stereocenters. The predicted octanol–water partition coefficient (Wildman–Crippen LogP) is 3.24. The fourth-order valence-electron chi connectivity index (χ4n) is 7.30. The first kappa shape index (κ1) is 57.6. The lowest BCUT2D eigenvalue weighted by Crippen LogP contribution is -2.48. The van der Waals surface area contributed by atoms with Crippen LogP contribution >= 0.6 is 37.2 Å². The molecule has 74 heavy (non-hydrogen) atoms. The molecule has 0 saturated carbocycles. The van der Waals surface area contributed by atoms with E-state index in [1.54, 1.807) is 51.3 Å². The Morgan fingerprint density at radius 2 is 1.74 bits per heavy atom. The second-order valence-corrected chi connectivity index (χ2v) is 22.5. The number of carbonyl (C=O) groups is 3. The summed E-state index contributed by atoms with van der Waals surface area (Å²) in [5, 5.41) is 20.2. The van der Waals surface area contributed by atoms with Crippen molar-refractivity contribution < 1.29 is 80.6 Å². The number of anilines is 2. The fourth-order valence-corrected chi connectivity index (χ4v) is 10.6. The van der Waals surface area contributed by atoms with Gasteiger partial charge in [0.25, 0.3) is 0 Å². The Kier molecular flexibility index (Phi) is 19.7. The van der Waals surface area contributed by atoms with E-state index in [1.807, 2.05) is 0 Å². The SMILES string of the molecule is CSS[C@H](CC[C@@H](NC(=O)OC(C)(C)C)C(=O)OC1C(COP(=O)(O)O[C@H]2C[C@H](n3ccc(N)nc3=O)O[C@@H]2COP(=O)(O)O)OC(n2cnc3c(N)ncnc32)C1O)CNC(=O)OCc1ccc(N=[N+]=[N-])cc1. The molecular weight excluding hydrogens is 1060 g/mol. The van der Waals surface area contributed by atoms with E-state index in [9.17, 15) is 48.1 Å².